The summed E-state index contributed by atoms with van der Waals surface area (Å²) in [4.78, 5) is 11.2. The Morgan fingerprint density at radius 1 is 1.56 bits per heavy atom. The van der Waals surface area contributed by atoms with Crippen molar-refractivity contribution in [3.63, 3.8) is 0 Å². The Bertz CT molecular complexity index is 452. The zero-order valence-corrected chi connectivity index (χ0v) is 10.4. The van der Waals surface area contributed by atoms with E-state index in [0.29, 0.717) is 11.1 Å². The fraction of sp³-hybridized carbons (Fsp3) is 0.273. The van der Waals surface area contributed by atoms with Crippen LogP contribution >= 0.6 is 15.9 Å². The maximum Gasteiger partial charge on any atom is 0.310 e. The molecule has 84 valence electrons. The highest BCUT2D eigenvalue weighted by atomic mass is 79.9. The molecule has 2 N–H and O–H groups in total. The Balaban J connectivity index is 3.26. The molecule has 0 aliphatic heterocycles. The Morgan fingerprint density at radius 2 is 2.25 bits per heavy atom. The number of nitriles is 1. The smallest absolute Gasteiger partial charge is 0.310 e. The number of carbonyl (C=O) groups is 1. The molecule has 0 aliphatic rings. The van der Waals surface area contributed by atoms with Crippen molar-refractivity contribution >= 4 is 21.9 Å². The molecule has 0 amide bonds. The zero-order chi connectivity index (χ0) is 12.1. The van der Waals surface area contributed by atoms with E-state index in [1.165, 1.54) is 7.11 Å². The molecule has 0 unspecified atom stereocenters. The van der Waals surface area contributed by atoms with Crippen LogP contribution in [0.3, 0.4) is 0 Å². The van der Waals surface area contributed by atoms with E-state index in [0.717, 1.165) is 10.0 Å². The molecule has 0 fully saturated rings. The molecule has 4 nitrogen and oxygen atoms in total. The van der Waals surface area contributed by atoms with Crippen molar-refractivity contribution in [1.82, 2.24) is 0 Å². The average Bonchev–Trinajstić information content (AvgIpc) is 2.29. The van der Waals surface area contributed by atoms with Crippen LogP contribution in [0.4, 0.5) is 0 Å². The van der Waals surface area contributed by atoms with Gasteiger partial charge in [-0.25, -0.2) is 0 Å². The molecule has 5 heteroatoms. The van der Waals surface area contributed by atoms with Crippen LogP contribution in [-0.4, -0.2) is 13.1 Å². The first-order valence-electron chi connectivity index (χ1n) is 4.61. The van der Waals surface area contributed by atoms with Crippen molar-refractivity contribution in [3.05, 3.63) is 33.3 Å². The van der Waals surface area contributed by atoms with E-state index >= 15 is 0 Å². The van der Waals surface area contributed by atoms with Gasteiger partial charge in [0.15, 0.2) is 0 Å². The van der Waals surface area contributed by atoms with Crippen LogP contribution in [0.5, 0.6) is 0 Å². The lowest BCUT2D eigenvalue weighted by molar-refractivity contribution is -0.139. The summed E-state index contributed by atoms with van der Waals surface area (Å²) in [5, 5.41) is 8.96. The van der Waals surface area contributed by atoms with Crippen LogP contribution in [-0.2, 0) is 22.5 Å². The lowest BCUT2D eigenvalue weighted by atomic mass is 9.99. The van der Waals surface area contributed by atoms with E-state index in [4.69, 9.17) is 11.0 Å². The number of benzene rings is 1. The number of nitrogens with two attached hydrogens (primary N) is 1. The molecular formula is C11H11BrN2O2. The quantitative estimate of drug-likeness (QED) is 0.853. The van der Waals surface area contributed by atoms with E-state index in [1.54, 1.807) is 12.1 Å². The first kappa shape index (κ1) is 12.7. The van der Waals surface area contributed by atoms with Gasteiger partial charge in [-0.1, -0.05) is 15.9 Å². The number of hydrogen-bond donors (Lipinski definition) is 1. The molecule has 0 atom stereocenters. The zero-order valence-electron chi connectivity index (χ0n) is 8.79. The Kier molecular flexibility index (Phi) is 4.47. The number of halogens is 1. The fourth-order valence-corrected chi connectivity index (χ4v) is 1.94. The predicted molar refractivity (Wildman–Crippen MR) is 62.5 cm³/mol. The van der Waals surface area contributed by atoms with Gasteiger partial charge in [-0.05, 0) is 23.3 Å². The van der Waals surface area contributed by atoms with E-state index < -0.39 is 0 Å². The molecule has 0 heterocycles. The van der Waals surface area contributed by atoms with E-state index in [9.17, 15) is 4.79 Å². The third kappa shape index (κ3) is 2.60. The first-order valence-corrected chi connectivity index (χ1v) is 5.40. The fourth-order valence-electron chi connectivity index (χ4n) is 1.41. The molecule has 0 bridgehead atoms. The van der Waals surface area contributed by atoms with Gasteiger partial charge in [-0.15, -0.1) is 0 Å². The lowest BCUT2D eigenvalue weighted by Gasteiger charge is -2.10. The standard InChI is InChI=1S/C11H11BrN2O2/c1-16-11(15)4-8-7(5-13)2-3-10(12)9(8)6-14/h2-3H,4,6,14H2,1H3. The van der Waals surface area contributed by atoms with Crippen molar-refractivity contribution in [1.29, 1.82) is 5.26 Å². The van der Waals surface area contributed by atoms with E-state index in [1.807, 2.05) is 6.07 Å². The minimum Gasteiger partial charge on any atom is -0.469 e. The predicted octanol–water partition coefficient (Wildman–Crippen LogP) is 1.49. The number of hydrogen-bond acceptors (Lipinski definition) is 4. The highest BCUT2D eigenvalue weighted by molar-refractivity contribution is 9.10. The summed E-state index contributed by atoms with van der Waals surface area (Å²) >= 11 is 3.34. The molecule has 1 aromatic carbocycles. The van der Waals surface area contributed by atoms with Crippen LogP contribution in [0, 0.1) is 11.3 Å². The normalized spacial score (nSPS) is 9.62. The summed E-state index contributed by atoms with van der Waals surface area (Å²) in [6.07, 6.45) is 0.0609. The first-order chi connectivity index (χ1) is 7.63. The number of carbonyl (C=O) groups excluding carboxylic acids is 1. The van der Waals surface area contributed by atoms with Crippen LogP contribution < -0.4 is 5.73 Å². The minimum absolute atomic E-state index is 0.0609. The van der Waals surface area contributed by atoms with E-state index in [2.05, 4.69) is 20.7 Å². The van der Waals surface area contributed by atoms with Gasteiger partial charge in [-0.2, -0.15) is 5.26 Å². The summed E-state index contributed by atoms with van der Waals surface area (Å²) in [6, 6.07) is 5.45. The van der Waals surface area contributed by atoms with Crippen LogP contribution in [0.25, 0.3) is 0 Å². The molecule has 0 spiro atoms. The number of ether oxygens (including phenoxy) is 1. The van der Waals surface area contributed by atoms with Gasteiger partial charge in [0.05, 0.1) is 25.2 Å². The molecule has 1 rings (SSSR count). The summed E-state index contributed by atoms with van der Waals surface area (Å²) < 4.78 is 5.39. The van der Waals surface area contributed by atoms with Gasteiger partial charge < -0.3 is 10.5 Å². The molecule has 0 aromatic heterocycles. The van der Waals surface area contributed by atoms with Crippen molar-refractivity contribution in [3.8, 4) is 6.07 Å². The second-order valence-corrected chi connectivity index (χ2v) is 3.98. The third-order valence-electron chi connectivity index (χ3n) is 2.25. The van der Waals surface area contributed by atoms with Crippen molar-refractivity contribution in [2.24, 2.45) is 5.73 Å². The van der Waals surface area contributed by atoms with Gasteiger partial charge in [0.2, 0.25) is 0 Å². The molecule has 0 saturated carbocycles. The lowest BCUT2D eigenvalue weighted by Crippen LogP contribution is -2.11. The SMILES string of the molecule is COC(=O)Cc1c(C#N)ccc(Br)c1CN. The molecule has 1 aromatic rings. The summed E-state index contributed by atoms with van der Waals surface area (Å²) in [5.41, 5.74) is 7.45. The Labute approximate surface area is 102 Å². The number of methoxy groups -OCH3 is 1. The third-order valence-corrected chi connectivity index (χ3v) is 2.99. The largest absolute Gasteiger partial charge is 0.469 e. The Morgan fingerprint density at radius 3 is 2.75 bits per heavy atom. The number of nitrogens with zero attached hydrogens (tertiary/aromatic N) is 1. The van der Waals surface area contributed by atoms with Crippen molar-refractivity contribution in [2.45, 2.75) is 13.0 Å². The maximum atomic E-state index is 11.2. The summed E-state index contributed by atoms with van der Waals surface area (Å²) in [5.74, 6) is -0.385. The van der Waals surface area contributed by atoms with Gasteiger partial charge in [0.1, 0.15) is 0 Å². The number of rotatable bonds is 3. The van der Waals surface area contributed by atoms with Crippen molar-refractivity contribution in [2.75, 3.05) is 7.11 Å². The monoisotopic (exact) mass is 282 g/mol. The number of esters is 1. The van der Waals surface area contributed by atoms with Gasteiger partial charge in [0.25, 0.3) is 0 Å². The summed E-state index contributed by atoms with van der Waals surface area (Å²) in [7, 11) is 1.31. The maximum absolute atomic E-state index is 11.2. The minimum atomic E-state index is -0.385. The second kappa shape index (κ2) is 5.64. The molecule has 16 heavy (non-hydrogen) atoms. The Hall–Kier alpha value is -1.38. The molecule has 0 saturated heterocycles. The van der Waals surface area contributed by atoms with Gasteiger partial charge in [0, 0.05) is 11.0 Å². The highest BCUT2D eigenvalue weighted by Gasteiger charge is 2.14. The molecular weight excluding hydrogens is 272 g/mol. The van der Waals surface area contributed by atoms with E-state index in [-0.39, 0.29) is 18.9 Å². The molecule has 0 radical (unpaired) electrons. The van der Waals surface area contributed by atoms with Gasteiger partial charge >= 0.3 is 5.97 Å². The molecule has 0 aliphatic carbocycles. The summed E-state index contributed by atoms with van der Waals surface area (Å²) in [6.45, 7) is 0.266. The average molecular weight is 283 g/mol. The van der Waals surface area contributed by atoms with Crippen LogP contribution in [0.1, 0.15) is 16.7 Å². The highest BCUT2D eigenvalue weighted by Crippen LogP contribution is 2.24. The van der Waals surface area contributed by atoms with Crippen LogP contribution in [0.2, 0.25) is 0 Å². The van der Waals surface area contributed by atoms with Crippen LogP contribution in [0.15, 0.2) is 16.6 Å². The van der Waals surface area contributed by atoms with Crippen molar-refractivity contribution < 1.29 is 9.53 Å². The topological polar surface area (TPSA) is 76.1 Å². The second-order valence-electron chi connectivity index (χ2n) is 3.12. The van der Waals surface area contributed by atoms with Gasteiger partial charge in [-0.3, -0.25) is 4.79 Å².